The van der Waals surface area contributed by atoms with Crippen LogP contribution in [0.25, 0.3) is 0 Å². The molecular formula is C18H18N2O4. The fourth-order valence-electron chi connectivity index (χ4n) is 2.45. The van der Waals surface area contributed by atoms with Crippen molar-refractivity contribution in [3.8, 4) is 11.5 Å². The van der Waals surface area contributed by atoms with Gasteiger partial charge in [0.1, 0.15) is 11.5 Å². The van der Waals surface area contributed by atoms with Gasteiger partial charge in [0, 0.05) is 12.0 Å². The standard InChI is InChI=1S/C18H18N2O4/c1-11-6-7-16(21)15(8-11)19-18(22)17-10-14(20-24-17)12-4-3-5-13(9-12)23-2/h3-9,17,21H,10H2,1-2H3,(H,19,22)/t17-/m0/s1. The third-order valence-electron chi connectivity index (χ3n) is 3.77. The monoisotopic (exact) mass is 326 g/mol. The number of hydrogen-bond acceptors (Lipinski definition) is 5. The van der Waals surface area contributed by atoms with Crippen molar-refractivity contribution in [1.82, 2.24) is 0 Å². The van der Waals surface area contributed by atoms with E-state index in [0.717, 1.165) is 11.1 Å². The second kappa shape index (κ2) is 6.62. The molecule has 1 aliphatic heterocycles. The Hall–Kier alpha value is -3.02. The summed E-state index contributed by atoms with van der Waals surface area (Å²) in [7, 11) is 1.59. The number of benzene rings is 2. The third-order valence-corrected chi connectivity index (χ3v) is 3.77. The number of carbonyl (C=O) groups excluding carboxylic acids is 1. The maximum absolute atomic E-state index is 12.3. The highest BCUT2D eigenvalue weighted by Gasteiger charge is 2.29. The molecular weight excluding hydrogens is 308 g/mol. The Morgan fingerprint density at radius 3 is 2.96 bits per heavy atom. The van der Waals surface area contributed by atoms with E-state index in [1.165, 1.54) is 0 Å². The molecule has 0 saturated heterocycles. The Kier molecular flexibility index (Phi) is 4.37. The highest BCUT2D eigenvalue weighted by Crippen LogP contribution is 2.26. The van der Waals surface area contributed by atoms with Gasteiger partial charge in [0.15, 0.2) is 0 Å². The van der Waals surface area contributed by atoms with Crippen molar-refractivity contribution in [2.24, 2.45) is 5.16 Å². The van der Waals surface area contributed by atoms with Gasteiger partial charge in [-0.3, -0.25) is 4.79 Å². The normalized spacial score (nSPS) is 16.2. The number of phenolic OH excluding ortho intramolecular Hbond substituents is 1. The molecule has 0 unspecified atom stereocenters. The van der Waals surface area contributed by atoms with E-state index in [1.54, 1.807) is 25.3 Å². The van der Waals surface area contributed by atoms with E-state index in [0.29, 0.717) is 23.6 Å². The molecule has 0 fully saturated rings. The van der Waals surface area contributed by atoms with E-state index >= 15 is 0 Å². The summed E-state index contributed by atoms with van der Waals surface area (Å²) >= 11 is 0. The predicted octanol–water partition coefficient (Wildman–Crippen LogP) is 2.84. The molecule has 0 aromatic heterocycles. The van der Waals surface area contributed by atoms with Crippen molar-refractivity contribution < 1.29 is 19.5 Å². The Bertz CT molecular complexity index is 801. The molecule has 0 radical (unpaired) electrons. The van der Waals surface area contributed by atoms with Crippen molar-refractivity contribution in [2.75, 3.05) is 12.4 Å². The number of amides is 1. The quantitative estimate of drug-likeness (QED) is 0.847. The Morgan fingerprint density at radius 1 is 1.33 bits per heavy atom. The molecule has 2 aromatic carbocycles. The lowest BCUT2D eigenvalue weighted by Gasteiger charge is -2.11. The number of methoxy groups -OCH3 is 1. The number of rotatable bonds is 4. The largest absolute Gasteiger partial charge is 0.506 e. The molecule has 1 atom stereocenters. The maximum atomic E-state index is 12.3. The summed E-state index contributed by atoms with van der Waals surface area (Å²) in [4.78, 5) is 17.6. The van der Waals surface area contributed by atoms with Crippen molar-refractivity contribution in [3.63, 3.8) is 0 Å². The molecule has 1 amide bonds. The van der Waals surface area contributed by atoms with Gasteiger partial charge in [0.05, 0.1) is 18.5 Å². The average Bonchev–Trinajstić information content (AvgIpc) is 3.08. The summed E-state index contributed by atoms with van der Waals surface area (Å²) in [5.41, 5.74) is 2.83. The van der Waals surface area contributed by atoms with Crippen LogP contribution in [0.2, 0.25) is 0 Å². The van der Waals surface area contributed by atoms with Gasteiger partial charge in [-0.15, -0.1) is 0 Å². The summed E-state index contributed by atoms with van der Waals surface area (Å²) < 4.78 is 5.19. The lowest BCUT2D eigenvalue weighted by atomic mass is 10.0. The van der Waals surface area contributed by atoms with Gasteiger partial charge in [-0.2, -0.15) is 0 Å². The van der Waals surface area contributed by atoms with Crippen molar-refractivity contribution >= 4 is 17.3 Å². The summed E-state index contributed by atoms with van der Waals surface area (Å²) in [5, 5.41) is 16.5. The first-order valence-electron chi connectivity index (χ1n) is 7.54. The molecule has 0 aliphatic carbocycles. The number of aromatic hydroxyl groups is 1. The first-order chi connectivity index (χ1) is 11.6. The van der Waals surface area contributed by atoms with Gasteiger partial charge in [-0.05, 0) is 36.8 Å². The zero-order chi connectivity index (χ0) is 17.1. The summed E-state index contributed by atoms with van der Waals surface area (Å²) in [6.45, 7) is 1.88. The number of phenols is 1. The van der Waals surface area contributed by atoms with Gasteiger partial charge in [-0.1, -0.05) is 23.4 Å². The molecule has 0 spiro atoms. The van der Waals surface area contributed by atoms with Crippen LogP contribution in [0.5, 0.6) is 11.5 Å². The van der Waals surface area contributed by atoms with E-state index in [-0.39, 0.29) is 11.7 Å². The van der Waals surface area contributed by atoms with Crippen LogP contribution in [0, 0.1) is 6.92 Å². The number of oxime groups is 1. The number of ether oxygens (including phenoxy) is 1. The molecule has 1 aliphatic rings. The Balaban J connectivity index is 1.68. The van der Waals surface area contributed by atoms with E-state index in [1.807, 2.05) is 31.2 Å². The minimum atomic E-state index is -0.730. The number of hydrogen-bond donors (Lipinski definition) is 2. The molecule has 2 aromatic rings. The minimum Gasteiger partial charge on any atom is -0.506 e. The summed E-state index contributed by atoms with van der Waals surface area (Å²) in [6.07, 6.45) is -0.378. The molecule has 2 N–H and O–H groups in total. The van der Waals surface area contributed by atoms with Gasteiger partial charge in [-0.25, -0.2) is 0 Å². The fraction of sp³-hybridized carbons (Fsp3) is 0.222. The Labute approximate surface area is 139 Å². The maximum Gasteiger partial charge on any atom is 0.268 e. The summed E-state index contributed by atoms with van der Waals surface area (Å²) in [6, 6.07) is 12.4. The molecule has 6 nitrogen and oxygen atoms in total. The predicted molar refractivity (Wildman–Crippen MR) is 90.5 cm³/mol. The average molecular weight is 326 g/mol. The molecule has 124 valence electrons. The molecule has 6 heteroatoms. The van der Waals surface area contributed by atoms with Crippen LogP contribution in [-0.4, -0.2) is 29.9 Å². The van der Waals surface area contributed by atoms with Crippen LogP contribution >= 0.6 is 0 Å². The van der Waals surface area contributed by atoms with Crippen LogP contribution < -0.4 is 10.1 Å². The number of aryl methyl sites for hydroxylation is 1. The van der Waals surface area contributed by atoms with Crippen molar-refractivity contribution in [3.05, 3.63) is 53.6 Å². The second-order valence-corrected chi connectivity index (χ2v) is 5.58. The van der Waals surface area contributed by atoms with Crippen LogP contribution in [-0.2, 0) is 9.63 Å². The van der Waals surface area contributed by atoms with E-state index < -0.39 is 6.10 Å². The number of carbonyl (C=O) groups is 1. The molecule has 24 heavy (non-hydrogen) atoms. The SMILES string of the molecule is COc1cccc(C2=NO[C@H](C(=O)Nc3cc(C)ccc3O)C2)c1. The van der Waals surface area contributed by atoms with Gasteiger partial charge in [0.2, 0.25) is 6.10 Å². The Morgan fingerprint density at radius 2 is 2.17 bits per heavy atom. The molecule has 3 rings (SSSR count). The smallest absolute Gasteiger partial charge is 0.268 e. The van der Waals surface area contributed by atoms with Crippen LogP contribution in [0.15, 0.2) is 47.6 Å². The van der Waals surface area contributed by atoms with Crippen LogP contribution in [0.4, 0.5) is 5.69 Å². The van der Waals surface area contributed by atoms with Crippen LogP contribution in [0.3, 0.4) is 0 Å². The van der Waals surface area contributed by atoms with Gasteiger partial charge >= 0.3 is 0 Å². The highest BCUT2D eigenvalue weighted by molar-refractivity contribution is 6.06. The first-order valence-corrected chi connectivity index (χ1v) is 7.54. The fourth-order valence-corrected chi connectivity index (χ4v) is 2.45. The first kappa shape index (κ1) is 15.9. The zero-order valence-corrected chi connectivity index (χ0v) is 13.4. The van der Waals surface area contributed by atoms with Crippen molar-refractivity contribution in [2.45, 2.75) is 19.4 Å². The topological polar surface area (TPSA) is 80.2 Å². The number of nitrogens with zero attached hydrogens (tertiary/aromatic N) is 1. The van der Waals surface area contributed by atoms with Crippen molar-refractivity contribution in [1.29, 1.82) is 0 Å². The van der Waals surface area contributed by atoms with Gasteiger partial charge < -0.3 is 20.0 Å². The lowest BCUT2D eigenvalue weighted by molar-refractivity contribution is -0.125. The lowest BCUT2D eigenvalue weighted by Crippen LogP contribution is -2.28. The molecule has 1 heterocycles. The molecule has 0 bridgehead atoms. The second-order valence-electron chi connectivity index (χ2n) is 5.58. The summed E-state index contributed by atoms with van der Waals surface area (Å²) in [5.74, 6) is 0.381. The third kappa shape index (κ3) is 3.32. The van der Waals surface area contributed by atoms with E-state index in [2.05, 4.69) is 10.5 Å². The zero-order valence-electron chi connectivity index (χ0n) is 13.4. The van der Waals surface area contributed by atoms with Crippen LogP contribution in [0.1, 0.15) is 17.5 Å². The molecule has 0 saturated carbocycles. The number of anilines is 1. The number of nitrogens with one attached hydrogen (secondary N) is 1. The van der Waals surface area contributed by atoms with E-state index in [9.17, 15) is 9.90 Å². The minimum absolute atomic E-state index is 0.0147. The van der Waals surface area contributed by atoms with Gasteiger partial charge in [0.25, 0.3) is 5.91 Å². The highest BCUT2D eigenvalue weighted by atomic mass is 16.6. The van der Waals surface area contributed by atoms with E-state index in [4.69, 9.17) is 9.57 Å².